The highest BCUT2D eigenvalue weighted by Crippen LogP contribution is 2.48. The molecule has 1 aromatic rings. The lowest BCUT2D eigenvalue weighted by atomic mass is 10.0. The summed E-state index contributed by atoms with van der Waals surface area (Å²) in [7, 11) is 1.71. The largest absolute Gasteiger partial charge is 0.395 e. The van der Waals surface area contributed by atoms with Crippen molar-refractivity contribution in [3.63, 3.8) is 0 Å². The van der Waals surface area contributed by atoms with Gasteiger partial charge in [-0.15, -0.1) is 11.3 Å². The highest BCUT2D eigenvalue weighted by atomic mass is 32.1. The number of thiophene rings is 1. The van der Waals surface area contributed by atoms with Gasteiger partial charge in [0.15, 0.2) is 0 Å². The quantitative estimate of drug-likeness (QED) is 0.758. The molecule has 0 bridgehead atoms. The van der Waals surface area contributed by atoms with E-state index in [0.717, 1.165) is 31.4 Å². The van der Waals surface area contributed by atoms with Gasteiger partial charge in [0.05, 0.1) is 6.61 Å². The van der Waals surface area contributed by atoms with Gasteiger partial charge >= 0.3 is 0 Å². The van der Waals surface area contributed by atoms with Crippen LogP contribution in [0.15, 0.2) is 11.4 Å². The summed E-state index contributed by atoms with van der Waals surface area (Å²) in [5, 5.41) is 13.6. The van der Waals surface area contributed by atoms with E-state index in [0.29, 0.717) is 17.8 Å². The number of nitrogens with one attached hydrogen (secondary N) is 1. The van der Waals surface area contributed by atoms with E-state index in [-0.39, 0.29) is 17.9 Å². The summed E-state index contributed by atoms with van der Waals surface area (Å²) < 4.78 is 5.12. The van der Waals surface area contributed by atoms with E-state index in [1.165, 1.54) is 11.3 Å². The van der Waals surface area contributed by atoms with Crippen LogP contribution in [-0.4, -0.2) is 37.9 Å². The summed E-state index contributed by atoms with van der Waals surface area (Å²) in [6, 6.07) is 1.85. The number of methoxy groups -OCH3 is 1. The maximum atomic E-state index is 12.3. The topological polar surface area (TPSA) is 58.6 Å². The summed E-state index contributed by atoms with van der Waals surface area (Å²) in [5.41, 5.74) is 0.985. The van der Waals surface area contributed by atoms with E-state index >= 15 is 0 Å². The molecule has 1 saturated carbocycles. The van der Waals surface area contributed by atoms with Gasteiger partial charge in [-0.3, -0.25) is 4.79 Å². The van der Waals surface area contributed by atoms with Gasteiger partial charge in [-0.1, -0.05) is 11.8 Å². The number of aliphatic hydroxyl groups excluding tert-OH is 1. The monoisotopic (exact) mass is 307 g/mol. The lowest BCUT2D eigenvalue weighted by Gasteiger charge is -2.15. The van der Waals surface area contributed by atoms with Crippen LogP contribution in [0.3, 0.4) is 0 Å². The molecule has 0 saturated heterocycles. The van der Waals surface area contributed by atoms with E-state index in [1.807, 2.05) is 11.4 Å². The van der Waals surface area contributed by atoms with E-state index in [9.17, 15) is 4.79 Å². The van der Waals surface area contributed by atoms with Gasteiger partial charge < -0.3 is 15.2 Å². The van der Waals surface area contributed by atoms with Gasteiger partial charge in [0.1, 0.15) is 4.88 Å². The lowest BCUT2D eigenvalue weighted by molar-refractivity contribution is 0.0942. The molecular formula is C16H21NO3S. The zero-order chi connectivity index (χ0) is 15.1. The van der Waals surface area contributed by atoms with Crippen molar-refractivity contribution in [1.82, 2.24) is 5.32 Å². The minimum absolute atomic E-state index is 0.0423. The fourth-order valence-corrected chi connectivity index (χ4v) is 2.92. The lowest BCUT2D eigenvalue weighted by Crippen LogP contribution is -2.30. The first-order valence-electron chi connectivity index (χ1n) is 7.15. The van der Waals surface area contributed by atoms with Crippen LogP contribution in [0.5, 0.6) is 0 Å². The molecule has 0 radical (unpaired) electrons. The Morgan fingerprint density at radius 3 is 3.05 bits per heavy atom. The molecule has 1 amide bonds. The van der Waals surface area contributed by atoms with Crippen molar-refractivity contribution >= 4 is 17.2 Å². The summed E-state index contributed by atoms with van der Waals surface area (Å²) in [6.07, 6.45) is 3.74. The highest BCUT2D eigenvalue weighted by molar-refractivity contribution is 7.12. The molecular weight excluding hydrogens is 286 g/mol. The molecule has 4 nitrogen and oxygen atoms in total. The summed E-state index contributed by atoms with van der Waals surface area (Å²) in [4.78, 5) is 12.9. The molecule has 21 heavy (non-hydrogen) atoms. The Morgan fingerprint density at radius 1 is 1.57 bits per heavy atom. The van der Waals surface area contributed by atoms with Gasteiger partial charge in [-0.25, -0.2) is 0 Å². The molecule has 1 aliphatic rings. The van der Waals surface area contributed by atoms with Gasteiger partial charge in [0, 0.05) is 32.2 Å². The smallest absolute Gasteiger partial charge is 0.262 e. The highest BCUT2D eigenvalue weighted by Gasteiger charge is 2.42. The van der Waals surface area contributed by atoms with Crippen molar-refractivity contribution in [1.29, 1.82) is 0 Å². The van der Waals surface area contributed by atoms with Crippen LogP contribution in [0.4, 0.5) is 0 Å². The Labute approximate surface area is 129 Å². The molecule has 0 atom stereocenters. The first kappa shape index (κ1) is 16.0. The van der Waals surface area contributed by atoms with Gasteiger partial charge in [0.25, 0.3) is 5.91 Å². The Kier molecular flexibility index (Phi) is 5.80. The summed E-state index contributed by atoms with van der Waals surface area (Å²) in [5.74, 6) is 5.74. The van der Waals surface area contributed by atoms with Crippen molar-refractivity contribution in [3.05, 3.63) is 21.9 Å². The van der Waals surface area contributed by atoms with E-state index in [2.05, 4.69) is 17.2 Å². The minimum atomic E-state index is -0.0537. The second-order valence-electron chi connectivity index (χ2n) is 5.36. The predicted octanol–water partition coefficient (Wildman–Crippen LogP) is 2.03. The summed E-state index contributed by atoms with van der Waals surface area (Å²) in [6.45, 7) is 1.49. The molecule has 0 aromatic carbocycles. The molecule has 114 valence electrons. The third-order valence-electron chi connectivity index (χ3n) is 3.75. The average Bonchev–Trinajstić information content (AvgIpc) is 3.11. The van der Waals surface area contributed by atoms with Crippen molar-refractivity contribution in [2.24, 2.45) is 5.41 Å². The van der Waals surface area contributed by atoms with E-state index in [1.54, 1.807) is 7.11 Å². The molecule has 1 heterocycles. The Balaban J connectivity index is 1.90. The minimum Gasteiger partial charge on any atom is -0.395 e. The molecule has 0 unspecified atom stereocenters. The van der Waals surface area contributed by atoms with E-state index < -0.39 is 0 Å². The Morgan fingerprint density at radius 2 is 2.38 bits per heavy atom. The van der Waals surface area contributed by atoms with Crippen LogP contribution < -0.4 is 5.32 Å². The fraction of sp³-hybridized carbons (Fsp3) is 0.562. The van der Waals surface area contributed by atoms with Crippen molar-refractivity contribution in [2.75, 3.05) is 26.9 Å². The number of ether oxygens (including phenoxy) is 1. The van der Waals surface area contributed by atoms with Crippen molar-refractivity contribution < 1.29 is 14.6 Å². The zero-order valence-electron chi connectivity index (χ0n) is 12.3. The third-order valence-corrected chi connectivity index (χ3v) is 4.66. The van der Waals surface area contributed by atoms with Crippen LogP contribution in [0.1, 0.15) is 40.9 Å². The van der Waals surface area contributed by atoms with Gasteiger partial charge in [-0.05, 0) is 36.1 Å². The zero-order valence-corrected chi connectivity index (χ0v) is 13.1. The number of carbonyl (C=O) groups is 1. The maximum absolute atomic E-state index is 12.3. The first-order valence-corrected chi connectivity index (χ1v) is 8.03. The molecule has 5 heteroatoms. The second kappa shape index (κ2) is 7.60. The van der Waals surface area contributed by atoms with Crippen LogP contribution in [-0.2, 0) is 4.74 Å². The number of hydrogen-bond donors (Lipinski definition) is 2. The van der Waals surface area contributed by atoms with Crippen LogP contribution >= 0.6 is 11.3 Å². The summed E-state index contributed by atoms with van der Waals surface area (Å²) >= 11 is 1.40. The van der Waals surface area contributed by atoms with Crippen LogP contribution in [0.2, 0.25) is 0 Å². The first-order chi connectivity index (χ1) is 10.2. The number of aliphatic hydroxyl groups is 1. The SMILES string of the molecule is COCCC1(CNC(=O)c2sccc2C#CCCO)CC1. The third kappa shape index (κ3) is 4.57. The standard InChI is InChI=1S/C16H21NO3S/c1-20-10-8-16(6-7-16)12-17-15(19)14-13(5-11-21-14)4-2-3-9-18/h5,11,18H,3,6-10,12H2,1H3,(H,17,19). The second-order valence-corrected chi connectivity index (χ2v) is 6.28. The van der Waals surface area contributed by atoms with Crippen LogP contribution in [0.25, 0.3) is 0 Å². The Bertz CT molecular complexity index is 537. The molecule has 1 aromatic heterocycles. The predicted molar refractivity (Wildman–Crippen MR) is 83.4 cm³/mol. The number of carbonyl (C=O) groups excluding carboxylic acids is 1. The Hall–Kier alpha value is -1.35. The molecule has 0 aliphatic heterocycles. The molecule has 2 N–H and O–H groups in total. The number of hydrogen-bond acceptors (Lipinski definition) is 4. The van der Waals surface area contributed by atoms with Gasteiger partial charge in [-0.2, -0.15) is 0 Å². The van der Waals surface area contributed by atoms with Crippen molar-refractivity contribution in [2.45, 2.75) is 25.7 Å². The molecule has 1 aliphatic carbocycles. The molecule has 2 rings (SSSR count). The molecule has 0 spiro atoms. The molecule has 1 fully saturated rings. The maximum Gasteiger partial charge on any atom is 0.262 e. The number of rotatable bonds is 7. The average molecular weight is 307 g/mol. The normalized spacial score (nSPS) is 15.1. The van der Waals surface area contributed by atoms with Crippen LogP contribution in [0, 0.1) is 17.3 Å². The van der Waals surface area contributed by atoms with E-state index in [4.69, 9.17) is 9.84 Å². The fourth-order valence-electron chi connectivity index (χ4n) is 2.16. The van der Waals surface area contributed by atoms with Crippen molar-refractivity contribution in [3.8, 4) is 11.8 Å². The number of amides is 1. The van der Waals surface area contributed by atoms with Gasteiger partial charge in [0.2, 0.25) is 0 Å².